The molecule has 0 aliphatic carbocycles. The van der Waals surface area contributed by atoms with E-state index in [1.165, 1.54) is 23.5 Å². The lowest BCUT2D eigenvalue weighted by molar-refractivity contribution is -0.138. The molecular formula is C23H18Br4O5S2. The molecule has 2 aromatic rings. The zero-order chi connectivity index (χ0) is 25.3. The van der Waals surface area contributed by atoms with Gasteiger partial charge in [-0.3, -0.25) is 4.79 Å². The fourth-order valence-corrected chi connectivity index (χ4v) is 7.79. The number of hydrogen-bond acceptors (Lipinski definition) is 7. The minimum absolute atomic E-state index is 0.143. The van der Waals surface area contributed by atoms with Gasteiger partial charge in [0.2, 0.25) is 0 Å². The number of carbonyl (C=O) groups excluding carboxylic acids is 3. The van der Waals surface area contributed by atoms with E-state index in [-0.39, 0.29) is 19.0 Å². The molecule has 34 heavy (non-hydrogen) atoms. The molecule has 0 fully saturated rings. The number of halogens is 4. The summed E-state index contributed by atoms with van der Waals surface area (Å²) in [7, 11) is 0. The molecule has 0 heterocycles. The summed E-state index contributed by atoms with van der Waals surface area (Å²) in [5, 5.41) is 0. The van der Waals surface area contributed by atoms with Gasteiger partial charge in [-0.15, -0.1) is 23.5 Å². The number of ketones is 1. The van der Waals surface area contributed by atoms with E-state index in [0.717, 1.165) is 39.8 Å². The third kappa shape index (κ3) is 8.67. The van der Waals surface area contributed by atoms with E-state index >= 15 is 0 Å². The van der Waals surface area contributed by atoms with Gasteiger partial charge in [-0.25, -0.2) is 9.59 Å². The average Bonchev–Trinajstić information content (AvgIpc) is 2.80. The molecule has 0 spiro atoms. The first-order valence-corrected chi connectivity index (χ1v) is 14.7. The zero-order valence-electron chi connectivity index (χ0n) is 17.6. The van der Waals surface area contributed by atoms with Crippen LogP contribution in [0.3, 0.4) is 0 Å². The molecule has 2 rings (SSSR count). The van der Waals surface area contributed by atoms with Crippen LogP contribution in [0, 0.1) is 0 Å². The highest BCUT2D eigenvalue weighted by atomic mass is 79.9. The van der Waals surface area contributed by atoms with E-state index in [1.807, 2.05) is 0 Å². The number of thioether (sulfide) groups is 2. The van der Waals surface area contributed by atoms with Crippen LogP contribution in [0.15, 0.2) is 77.3 Å². The molecule has 180 valence electrons. The Balaban J connectivity index is 2.11. The van der Waals surface area contributed by atoms with Crippen LogP contribution in [0.2, 0.25) is 0 Å². The third-order valence-corrected chi connectivity index (χ3v) is 9.75. The van der Waals surface area contributed by atoms with E-state index in [9.17, 15) is 14.4 Å². The molecule has 0 aliphatic rings. The highest BCUT2D eigenvalue weighted by molar-refractivity contribution is 9.11. The van der Waals surface area contributed by atoms with Crippen LogP contribution in [0.1, 0.15) is 15.9 Å². The molecule has 0 aliphatic heterocycles. The zero-order valence-corrected chi connectivity index (χ0v) is 25.6. The standard InChI is InChI=1S/C23H18Br4O5S2/c1-3-19(28)31-5-7-33-22-15(24)9-13(10-16(22)25)21(30)14-11-17(26)23(18(27)12-14)34-8-6-32-20(29)4-2/h3-4,9-12H,1-2,5-8H2. The maximum absolute atomic E-state index is 13.2. The second-order valence-corrected chi connectivity index (χ2v) is 11.9. The van der Waals surface area contributed by atoms with E-state index in [4.69, 9.17) is 9.47 Å². The van der Waals surface area contributed by atoms with Crippen molar-refractivity contribution in [3.63, 3.8) is 0 Å². The summed E-state index contributed by atoms with van der Waals surface area (Å²) in [4.78, 5) is 37.3. The fourth-order valence-electron chi connectivity index (χ4n) is 2.51. The largest absolute Gasteiger partial charge is 0.462 e. The summed E-state index contributed by atoms with van der Waals surface area (Å²) in [6, 6.07) is 7.07. The SMILES string of the molecule is C=CC(=O)OCCSc1c(Br)cc(C(=O)c2cc(Br)c(SCCOC(=O)C=C)c(Br)c2)cc1Br. The second-order valence-electron chi connectivity index (χ2n) is 6.31. The Bertz CT molecular complexity index is 989. The minimum Gasteiger partial charge on any atom is -0.462 e. The molecular weight excluding hydrogens is 740 g/mol. The molecule has 0 radical (unpaired) electrons. The van der Waals surface area contributed by atoms with Gasteiger partial charge in [0, 0.05) is 62.5 Å². The van der Waals surface area contributed by atoms with Crippen LogP contribution in [0.4, 0.5) is 0 Å². The Labute approximate surface area is 240 Å². The van der Waals surface area contributed by atoms with E-state index in [2.05, 4.69) is 76.9 Å². The highest BCUT2D eigenvalue weighted by Gasteiger charge is 2.18. The second kappa shape index (κ2) is 14.6. The number of rotatable bonds is 12. The molecule has 0 unspecified atom stereocenters. The van der Waals surface area contributed by atoms with Crippen LogP contribution in [-0.4, -0.2) is 42.4 Å². The van der Waals surface area contributed by atoms with Gasteiger partial charge < -0.3 is 9.47 Å². The van der Waals surface area contributed by atoms with E-state index < -0.39 is 11.9 Å². The van der Waals surface area contributed by atoms with Gasteiger partial charge in [0.1, 0.15) is 13.2 Å². The van der Waals surface area contributed by atoms with E-state index in [1.54, 1.807) is 24.3 Å². The molecule has 2 aromatic carbocycles. The van der Waals surface area contributed by atoms with Gasteiger partial charge >= 0.3 is 11.9 Å². The summed E-state index contributed by atoms with van der Waals surface area (Å²) >= 11 is 17.1. The van der Waals surface area contributed by atoms with Crippen LogP contribution in [-0.2, 0) is 19.1 Å². The van der Waals surface area contributed by atoms with Gasteiger partial charge in [0.15, 0.2) is 5.78 Å². The van der Waals surface area contributed by atoms with Crippen molar-refractivity contribution < 1.29 is 23.9 Å². The van der Waals surface area contributed by atoms with E-state index in [0.29, 0.717) is 22.6 Å². The van der Waals surface area contributed by atoms with Gasteiger partial charge in [0.25, 0.3) is 0 Å². The fraction of sp³-hybridized carbons (Fsp3) is 0.174. The lowest BCUT2D eigenvalue weighted by Gasteiger charge is -2.12. The van der Waals surface area contributed by atoms with Crippen molar-refractivity contribution in [2.75, 3.05) is 24.7 Å². The summed E-state index contributed by atoms with van der Waals surface area (Å²) in [6.45, 7) is 7.22. The van der Waals surface area contributed by atoms with Gasteiger partial charge in [-0.2, -0.15) is 0 Å². The lowest BCUT2D eigenvalue weighted by Crippen LogP contribution is -2.05. The first-order chi connectivity index (χ1) is 16.2. The van der Waals surface area contributed by atoms with Gasteiger partial charge in [-0.1, -0.05) is 13.2 Å². The predicted molar refractivity (Wildman–Crippen MR) is 151 cm³/mol. The molecule has 0 bridgehead atoms. The monoisotopic (exact) mass is 754 g/mol. The summed E-state index contributed by atoms with van der Waals surface area (Å²) < 4.78 is 13.0. The number of esters is 2. The maximum atomic E-state index is 13.2. The Morgan fingerprint density at radius 1 is 0.706 bits per heavy atom. The summed E-state index contributed by atoms with van der Waals surface area (Å²) in [5.74, 6) is 0.0389. The molecule has 0 saturated carbocycles. The normalized spacial score (nSPS) is 10.5. The molecule has 0 aromatic heterocycles. The van der Waals surface area contributed by atoms with Crippen molar-refractivity contribution in [1.29, 1.82) is 0 Å². The van der Waals surface area contributed by atoms with Gasteiger partial charge in [0.05, 0.1) is 0 Å². The number of ether oxygens (including phenoxy) is 2. The van der Waals surface area contributed by atoms with Crippen LogP contribution in [0.25, 0.3) is 0 Å². The van der Waals surface area contributed by atoms with Crippen molar-refractivity contribution in [3.8, 4) is 0 Å². The van der Waals surface area contributed by atoms with Gasteiger partial charge in [-0.05, 0) is 88.0 Å². The summed E-state index contributed by atoms with van der Waals surface area (Å²) in [5.41, 5.74) is 1.02. The smallest absolute Gasteiger partial charge is 0.330 e. The Morgan fingerprint density at radius 2 is 1.03 bits per heavy atom. The van der Waals surface area contributed by atoms with Crippen molar-refractivity contribution in [2.24, 2.45) is 0 Å². The predicted octanol–water partition coefficient (Wildman–Crippen LogP) is 7.61. The van der Waals surface area contributed by atoms with Crippen molar-refractivity contribution in [1.82, 2.24) is 0 Å². The number of carbonyl (C=O) groups is 3. The van der Waals surface area contributed by atoms with Crippen molar-refractivity contribution in [3.05, 3.63) is 78.6 Å². The minimum atomic E-state index is -0.461. The van der Waals surface area contributed by atoms with Crippen LogP contribution >= 0.6 is 87.2 Å². The summed E-state index contributed by atoms with van der Waals surface area (Å²) in [6.07, 6.45) is 2.25. The highest BCUT2D eigenvalue weighted by Crippen LogP contribution is 2.38. The Hall–Kier alpha value is -0.850. The third-order valence-electron chi connectivity index (χ3n) is 4.00. The Kier molecular flexibility index (Phi) is 12.7. The molecule has 0 saturated heterocycles. The van der Waals surface area contributed by atoms with Crippen molar-refractivity contribution in [2.45, 2.75) is 9.79 Å². The first kappa shape index (κ1) is 29.4. The maximum Gasteiger partial charge on any atom is 0.330 e. The molecule has 11 heteroatoms. The molecule has 5 nitrogen and oxygen atoms in total. The molecule has 0 amide bonds. The number of hydrogen-bond donors (Lipinski definition) is 0. The average molecular weight is 758 g/mol. The first-order valence-electron chi connectivity index (χ1n) is 9.54. The van der Waals surface area contributed by atoms with Crippen LogP contribution in [0.5, 0.6) is 0 Å². The molecule has 0 atom stereocenters. The van der Waals surface area contributed by atoms with Crippen LogP contribution < -0.4 is 0 Å². The quantitative estimate of drug-likeness (QED) is 0.0726. The lowest BCUT2D eigenvalue weighted by atomic mass is 10.0. The number of benzene rings is 2. The Morgan fingerprint density at radius 3 is 1.32 bits per heavy atom. The van der Waals surface area contributed by atoms with Crippen molar-refractivity contribution >= 4 is 105 Å². The molecule has 0 N–H and O–H groups in total. The topological polar surface area (TPSA) is 69.7 Å².